The molecule has 2 N–H and O–H groups in total. The first kappa shape index (κ1) is 64.5. The van der Waals surface area contributed by atoms with Crippen molar-refractivity contribution in [2.75, 3.05) is 26.4 Å². The van der Waals surface area contributed by atoms with Gasteiger partial charge in [0.1, 0.15) is 6.61 Å². The lowest BCUT2D eigenvalue weighted by atomic mass is 10.0. The zero-order valence-electron chi connectivity index (χ0n) is 43.7. The molecule has 0 saturated carbocycles. The van der Waals surface area contributed by atoms with E-state index in [0.29, 0.717) is 12.8 Å². The van der Waals surface area contributed by atoms with Crippen LogP contribution in [0.25, 0.3) is 0 Å². The van der Waals surface area contributed by atoms with Gasteiger partial charge in [-0.05, 0) is 19.3 Å². The van der Waals surface area contributed by atoms with Crippen molar-refractivity contribution in [1.82, 2.24) is 5.32 Å². The van der Waals surface area contributed by atoms with Crippen LogP contribution in [-0.2, 0) is 37.5 Å². The lowest BCUT2D eigenvalue weighted by Crippen LogP contribution is -2.30. The number of amides is 1. The van der Waals surface area contributed by atoms with E-state index in [1.807, 2.05) is 0 Å². The quantitative estimate of drug-likeness (QED) is 0.0347. The highest BCUT2D eigenvalue weighted by atomic mass is 31.2. The lowest BCUT2D eigenvalue weighted by Gasteiger charge is -2.20. The largest absolute Gasteiger partial charge is 0.472 e. The van der Waals surface area contributed by atoms with Gasteiger partial charge in [-0.15, -0.1) is 0 Å². The predicted octanol–water partition coefficient (Wildman–Crippen LogP) is 16.9. The van der Waals surface area contributed by atoms with E-state index in [-0.39, 0.29) is 44.5 Å². The van der Waals surface area contributed by atoms with Crippen molar-refractivity contribution in [3.8, 4) is 0 Å². The van der Waals surface area contributed by atoms with Crippen LogP contribution in [-0.4, -0.2) is 55.2 Å². The van der Waals surface area contributed by atoms with Crippen molar-refractivity contribution in [2.24, 2.45) is 0 Å². The smallest absolute Gasteiger partial charge is 0.462 e. The van der Waals surface area contributed by atoms with Crippen molar-refractivity contribution in [3.63, 3.8) is 0 Å². The second kappa shape index (κ2) is 51.4. The highest BCUT2D eigenvalue weighted by molar-refractivity contribution is 7.47. The summed E-state index contributed by atoms with van der Waals surface area (Å²) in [6.45, 7) is 5.89. The molecule has 2 atom stereocenters. The molecule has 0 radical (unpaired) electrons. The Morgan fingerprint density at radius 1 is 0.409 bits per heavy atom. The third-order valence-corrected chi connectivity index (χ3v) is 13.8. The van der Waals surface area contributed by atoms with Crippen LogP contribution < -0.4 is 5.32 Å². The molecule has 11 heteroatoms. The maximum absolute atomic E-state index is 12.8. The number of hydrogen-bond donors (Lipinski definition) is 2. The van der Waals surface area contributed by atoms with Crippen molar-refractivity contribution in [1.29, 1.82) is 0 Å². The fraction of sp³-hybridized carbons (Fsp3) is 0.945. The van der Waals surface area contributed by atoms with Gasteiger partial charge < -0.3 is 19.7 Å². The summed E-state index contributed by atoms with van der Waals surface area (Å²) in [6, 6.07) is 0. The first-order valence-corrected chi connectivity index (χ1v) is 30.0. The maximum atomic E-state index is 12.8. The number of carbonyl (C=O) groups is 3. The summed E-state index contributed by atoms with van der Waals surface area (Å²) in [4.78, 5) is 48.1. The minimum absolute atomic E-state index is 0.0691. The summed E-state index contributed by atoms with van der Waals surface area (Å²) >= 11 is 0. The summed E-state index contributed by atoms with van der Waals surface area (Å²) in [5, 5.41) is 2.74. The number of ether oxygens (including phenoxy) is 2. The average molecular weight is 958 g/mol. The molecule has 66 heavy (non-hydrogen) atoms. The van der Waals surface area contributed by atoms with Crippen molar-refractivity contribution < 1.29 is 42.4 Å². The van der Waals surface area contributed by atoms with Gasteiger partial charge in [0.25, 0.3) is 0 Å². The van der Waals surface area contributed by atoms with Gasteiger partial charge in [0.05, 0.1) is 13.2 Å². The minimum Gasteiger partial charge on any atom is -0.462 e. The van der Waals surface area contributed by atoms with Gasteiger partial charge in [0.2, 0.25) is 5.91 Å². The zero-order valence-corrected chi connectivity index (χ0v) is 44.6. The summed E-state index contributed by atoms with van der Waals surface area (Å²) < 4.78 is 34.1. The van der Waals surface area contributed by atoms with Gasteiger partial charge in [0, 0.05) is 25.8 Å². The van der Waals surface area contributed by atoms with E-state index in [9.17, 15) is 23.8 Å². The Hall–Kier alpha value is -1.48. The van der Waals surface area contributed by atoms with E-state index in [1.165, 1.54) is 199 Å². The van der Waals surface area contributed by atoms with Crippen molar-refractivity contribution >= 4 is 25.7 Å². The van der Waals surface area contributed by atoms with Gasteiger partial charge in [-0.3, -0.25) is 23.4 Å². The van der Waals surface area contributed by atoms with Gasteiger partial charge >= 0.3 is 19.8 Å². The normalized spacial score (nSPS) is 12.8. The van der Waals surface area contributed by atoms with Crippen molar-refractivity contribution in [2.45, 2.75) is 309 Å². The molecule has 0 aromatic carbocycles. The van der Waals surface area contributed by atoms with Crippen LogP contribution in [0.15, 0.2) is 0 Å². The molecule has 1 amide bonds. The first-order valence-electron chi connectivity index (χ1n) is 28.5. The summed E-state index contributed by atoms with van der Waals surface area (Å²) in [5.41, 5.74) is 0. The molecule has 0 fully saturated rings. The Morgan fingerprint density at radius 2 is 0.712 bits per heavy atom. The average Bonchev–Trinajstić information content (AvgIpc) is 3.30. The molecule has 0 aliphatic carbocycles. The fourth-order valence-electron chi connectivity index (χ4n) is 8.50. The molecule has 0 rings (SSSR count). The molecular formula is C55H108NO9P. The number of phosphoric ester groups is 1. The van der Waals surface area contributed by atoms with Crippen LogP contribution in [0.3, 0.4) is 0 Å². The Balaban J connectivity index is 4.47. The van der Waals surface area contributed by atoms with Crippen LogP contribution in [0.2, 0.25) is 0 Å². The molecular weight excluding hydrogens is 850 g/mol. The molecule has 392 valence electrons. The predicted molar refractivity (Wildman–Crippen MR) is 276 cm³/mol. The minimum atomic E-state index is -4.53. The summed E-state index contributed by atoms with van der Waals surface area (Å²) in [5.74, 6) is -0.956. The third-order valence-electron chi connectivity index (χ3n) is 12.8. The Labute approximate surface area is 407 Å². The maximum Gasteiger partial charge on any atom is 0.472 e. The Bertz CT molecular complexity index is 1110. The van der Waals surface area contributed by atoms with Gasteiger partial charge in [-0.1, -0.05) is 265 Å². The molecule has 0 aromatic rings. The van der Waals surface area contributed by atoms with E-state index in [2.05, 4.69) is 26.1 Å². The molecule has 0 saturated heterocycles. The summed E-state index contributed by atoms with van der Waals surface area (Å²) in [7, 11) is -4.53. The number of carbonyl (C=O) groups excluding carboxylic acids is 3. The highest BCUT2D eigenvalue weighted by Crippen LogP contribution is 2.43. The molecule has 0 spiro atoms. The van der Waals surface area contributed by atoms with Crippen LogP contribution >= 0.6 is 7.82 Å². The molecule has 1 unspecified atom stereocenters. The number of nitrogens with one attached hydrogen (secondary N) is 1. The standard InChI is InChI=1S/C55H108NO9P/c1-4-7-10-13-16-19-22-25-28-31-34-37-40-43-46-54(58)62-50-52(65-55(59)47-44-41-38-35-32-29-26-23-20-17-14-11-8-5-2)51-64-66(60,61)63-49-48-56-53(57)45-42-39-36-33-30-27-24-21-18-15-12-9-6-3/h52H,4-51H2,1-3H3,(H,56,57)(H,60,61)/t52-/m1/s1. The number of unbranched alkanes of at least 4 members (excludes halogenated alkanes) is 38. The molecule has 0 heterocycles. The van der Waals surface area contributed by atoms with E-state index in [1.54, 1.807) is 0 Å². The Morgan fingerprint density at radius 3 is 1.06 bits per heavy atom. The highest BCUT2D eigenvalue weighted by Gasteiger charge is 2.26. The lowest BCUT2D eigenvalue weighted by molar-refractivity contribution is -0.161. The molecule has 0 aromatic heterocycles. The van der Waals surface area contributed by atoms with Crippen LogP contribution in [0.4, 0.5) is 0 Å². The SMILES string of the molecule is CCCCCCCCCCCCCCCCC(=O)OC[C@H](COP(=O)(O)OCCNC(=O)CCCCCCCCCCCCCCC)OC(=O)CCCCCCCCCCCCCCCC. The number of phosphoric acid groups is 1. The van der Waals surface area contributed by atoms with E-state index in [0.717, 1.165) is 57.8 Å². The number of rotatable bonds is 54. The Kier molecular flexibility index (Phi) is 50.2. The van der Waals surface area contributed by atoms with Gasteiger partial charge in [0.15, 0.2) is 6.10 Å². The second-order valence-electron chi connectivity index (χ2n) is 19.4. The summed E-state index contributed by atoms with van der Waals surface area (Å²) in [6.07, 6.45) is 50.3. The molecule has 0 bridgehead atoms. The van der Waals surface area contributed by atoms with Crippen LogP contribution in [0, 0.1) is 0 Å². The second-order valence-corrected chi connectivity index (χ2v) is 20.9. The monoisotopic (exact) mass is 958 g/mol. The van der Waals surface area contributed by atoms with Crippen LogP contribution in [0.5, 0.6) is 0 Å². The van der Waals surface area contributed by atoms with Gasteiger partial charge in [-0.2, -0.15) is 0 Å². The van der Waals surface area contributed by atoms with E-state index >= 15 is 0 Å². The molecule has 0 aliphatic rings. The van der Waals surface area contributed by atoms with Gasteiger partial charge in [-0.25, -0.2) is 4.57 Å². The molecule has 10 nitrogen and oxygen atoms in total. The number of esters is 2. The van der Waals surface area contributed by atoms with Crippen molar-refractivity contribution in [3.05, 3.63) is 0 Å². The fourth-order valence-corrected chi connectivity index (χ4v) is 9.26. The zero-order chi connectivity index (χ0) is 48.3. The third kappa shape index (κ3) is 50.4. The number of hydrogen-bond acceptors (Lipinski definition) is 8. The van der Waals surface area contributed by atoms with E-state index < -0.39 is 26.5 Å². The topological polar surface area (TPSA) is 137 Å². The first-order chi connectivity index (χ1) is 32.2. The molecule has 0 aliphatic heterocycles. The van der Waals surface area contributed by atoms with Crippen LogP contribution in [0.1, 0.15) is 303 Å². The van der Waals surface area contributed by atoms with E-state index in [4.69, 9.17) is 18.5 Å².